The summed E-state index contributed by atoms with van der Waals surface area (Å²) in [6, 6.07) is 14.0. The number of hydrogen-bond donors (Lipinski definition) is 0. The van der Waals surface area contributed by atoms with E-state index in [-0.39, 0.29) is 11.4 Å². The van der Waals surface area contributed by atoms with Gasteiger partial charge in [-0.3, -0.25) is 15.0 Å². The molecular formula is C20H25N3O4S. The summed E-state index contributed by atoms with van der Waals surface area (Å²) in [7, 11) is -3.46. The molecule has 1 fully saturated rings. The second kappa shape index (κ2) is 8.81. The summed E-state index contributed by atoms with van der Waals surface area (Å²) in [5.74, 6) is -0.136. The third-order valence-corrected chi connectivity index (χ3v) is 6.94. The van der Waals surface area contributed by atoms with Crippen molar-refractivity contribution >= 4 is 15.7 Å². The Morgan fingerprint density at radius 2 is 1.71 bits per heavy atom. The molecule has 2 aromatic carbocycles. The highest BCUT2D eigenvalue weighted by molar-refractivity contribution is 7.88. The number of benzene rings is 2. The Balaban J connectivity index is 1.62. The zero-order valence-corrected chi connectivity index (χ0v) is 16.8. The molecule has 1 saturated heterocycles. The molecule has 28 heavy (non-hydrogen) atoms. The first kappa shape index (κ1) is 20.4. The lowest BCUT2D eigenvalue weighted by molar-refractivity contribution is -0.384. The molecule has 1 aliphatic heterocycles. The second-order valence-corrected chi connectivity index (χ2v) is 9.10. The summed E-state index contributed by atoms with van der Waals surface area (Å²) < 4.78 is 27.2. The van der Waals surface area contributed by atoms with E-state index in [4.69, 9.17) is 0 Å². The minimum Gasteiger partial charge on any atom is -0.298 e. The van der Waals surface area contributed by atoms with E-state index < -0.39 is 14.9 Å². The molecule has 0 amide bonds. The van der Waals surface area contributed by atoms with Crippen molar-refractivity contribution in [3.05, 3.63) is 75.3 Å². The van der Waals surface area contributed by atoms with Crippen LogP contribution in [0.3, 0.4) is 0 Å². The van der Waals surface area contributed by atoms with E-state index in [1.54, 1.807) is 4.31 Å². The lowest BCUT2D eigenvalue weighted by Gasteiger charge is -2.22. The lowest BCUT2D eigenvalue weighted by Crippen LogP contribution is -2.35. The van der Waals surface area contributed by atoms with Gasteiger partial charge in [0.1, 0.15) is 0 Å². The molecule has 0 aromatic heterocycles. The summed E-state index contributed by atoms with van der Waals surface area (Å²) in [6.45, 7) is 5.42. The lowest BCUT2D eigenvalue weighted by atomic mass is 10.1. The van der Waals surface area contributed by atoms with E-state index >= 15 is 0 Å². The Kier molecular flexibility index (Phi) is 6.43. The van der Waals surface area contributed by atoms with Crippen LogP contribution in [0.25, 0.3) is 0 Å². The Hall–Kier alpha value is -2.29. The number of nitrogens with zero attached hydrogens (tertiary/aromatic N) is 3. The number of sulfonamides is 1. The van der Waals surface area contributed by atoms with E-state index in [9.17, 15) is 18.5 Å². The molecule has 0 aliphatic carbocycles. The van der Waals surface area contributed by atoms with Crippen LogP contribution >= 0.6 is 0 Å². The summed E-state index contributed by atoms with van der Waals surface area (Å²) in [5.41, 5.74) is 3.04. The van der Waals surface area contributed by atoms with Crippen molar-refractivity contribution in [2.24, 2.45) is 0 Å². The molecule has 0 radical (unpaired) electrons. The van der Waals surface area contributed by atoms with Crippen LogP contribution in [0.2, 0.25) is 0 Å². The zero-order valence-electron chi connectivity index (χ0n) is 16.0. The molecule has 0 N–H and O–H groups in total. The first-order valence-electron chi connectivity index (χ1n) is 9.33. The molecule has 0 saturated carbocycles. The van der Waals surface area contributed by atoms with Gasteiger partial charge in [0.2, 0.25) is 10.0 Å². The van der Waals surface area contributed by atoms with Gasteiger partial charge in [0, 0.05) is 38.3 Å². The van der Waals surface area contributed by atoms with Gasteiger partial charge in [0.15, 0.2) is 0 Å². The molecule has 8 heteroatoms. The maximum atomic E-state index is 12.8. The Labute approximate surface area is 165 Å². The smallest absolute Gasteiger partial charge is 0.269 e. The van der Waals surface area contributed by atoms with Gasteiger partial charge < -0.3 is 0 Å². The first-order chi connectivity index (χ1) is 13.3. The standard InChI is InChI=1S/C20H25N3O4S/c1-17-5-2-3-6-19(17)15-21-11-4-12-22(14-13-21)28(26,27)16-18-7-9-20(10-8-18)23(24)25/h2-3,5-10H,4,11-16H2,1H3. The molecule has 0 atom stereocenters. The Morgan fingerprint density at radius 3 is 2.39 bits per heavy atom. The third-order valence-electron chi connectivity index (χ3n) is 5.09. The van der Waals surface area contributed by atoms with E-state index in [0.717, 1.165) is 19.5 Å². The number of non-ortho nitro benzene ring substituents is 1. The third kappa shape index (κ3) is 5.15. The highest BCUT2D eigenvalue weighted by atomic mass is 32.2. The monoisotopic (exact) mass is 403 g/mol. The van der Waals surface area contributed by atoms with Gasteiger partial charge >= 0.3 is 0 Å². The van der Waals surface area contributed by atoms with E-state index in [1.165, 1.54) is 35.4 Å². The Morgan fingerprint density at radius 1 is 1.00 bits per heavy atom. The number of aryl methyl sites for hydroxylation is 1. The average molecular weight is 404 g/mol. The quantitative estimate of drug-likeness (QED) is 0.547. The topological polar surface area (TPSA) is 83.8 Å². The number of nitro benzene ring substituents is 1. The molecule has 1 aliphatic rings. The maximum Gasteiger partial charge on any atom is 0.269 e. The van der Waals surface area contributed by atoms with Crippen LogP contribution < -0.4 is 0 Å². The summed E-state index contributed by atoms with van der Waals surface area (Å²) in [4.78, 5) is 12.5. The highest BCUT2D eigenvalue weighted by Gasteiger charge is 2.25. The van der Waals surface area contributed by atoms with Crippen LogP contribution in [0.4, 0.5) is 5.69 Å². The molecule has 0 spiro atoms. The highest BCUT2D eigenvalue weighted by Crippen LogP contribution is 2.18. The van der Waals surface area contributed by atoms with Gasteiger partial charge in [-0.2, -0.15) is 0 Å². The van der Waals surface area contributed by atoms with Crippen molar-refractivity contribution in [2.45, 2.75) is 25.6 Å². The maximum absolute atomic E-state index is 12.8. The zero-order chi connectivity index (χ0) is 20.1. The molecule has 1 heterocycles. The predicted octanol–water partition coefficient (Wildman–Crippen LogP) is 2.94. The van der Waals surface area contributed by atoms with Crippen molar-refractivity contribution in [3.63, 3.8) is 0 Å². The fourth-order valence-corrected chi connectivity index (χ4v) is 4.99. The molecule has 2 aromatic rings. The second-order valence-electron chi connectivity index (χ2n) is 7.14. The molecule has 0 bridgehead atoms. The van der Waals surface area contributed by atoms with Crippen LogP contribution in [0.5, 0.6) is 0 Å². The van der Waals surface area contributed by atoms with Crippen molar-refractivity contribution in [1.82, 2.24) is 9.21 Å². The van der Waals surface area contributed by atoms with Gasteiger partial charge in [-0.1, -0.05) is 36.4 Å². The van der Waals surface area contributed by atoms with Crippen molar-refractivity contribution in [1.29, 1.82) is 0 Å². The van der Waals surface area contributed by atoms with Crippen LogP contribution in [0, 0.1) is 17.0 Å². The van der Waals surface area contributed by atoms with Crippen molar-refractivity contribution < 1.29 is 13.3 Å². The number of rotatable bonds is 6. The average Bonchev–Trinajstić information content (AvgIpc) is 2.90. The van der Waals surface area contributed by atoms with Crippen LogP contribution in [-0.4, -0.2) is 48.7 Å². The Bertz CT molecular complexity index is 929. The van der Waals surface area contributed by atoms with Crippen molar-refractivity contribution in [2.75, 3.05) is 26.2 Å². The molecular weight excluding hydrogens is 378 g/mol. The minimum absolute atomic E-state index is 0.0391. The first-order valence-corrected chi connectivity index (χ1v) is 10.9. The van der Waals surface area contributed by atoms with Crippen molar-refractivity contribution in [3.8, 4) is 0 Å². The van der Waals surface area contributed by atoms with Gasteiger partial charge in [-0.25, -0.2) is 12.7 Å². The molecule has 150 valence electrons. The fraction of sp³-hybridized carbons (Fsp3) is 0.400. The van der Waals surface area contributed by atoms with Gasteiger partial charge in [-0.15, -0.1) is 0 Å². The van der Waals surface area contributed by atoms with Gasteiger partial charge in [-0.05, 0) is 36.6 Å². The van der Waals surface area contributed by atoms with E-state index in [0.29, 0.717) is 25.2 Å². The number of hydrogen-bond acceptors (Lipinski definition) is 5. The van der Waals surface area contributed by atoms with Crippen LogP contribution in [-0.2, 0) is 22.3 Å². The molecule has 0 unspecified atom stereocenters. The molecule has 7 nitrogen and oxygen atoms in total. The largest absolute Gasteiger partial charge is 0.298 e. The SMILES string of the molecule is Cc1ccccc1CN1CCCN(S(=O)(=O)Cc2ccc([N+](=O)[O-])cc2)CC1. The fourth-order valence-electron chi connectivity index (χ4n) is 3.43. The summed E-state index contributed by atoms with van der Waals surface area (Å²) in [5, 5.41) is 10.7. The minimum atomic E-state index is -3.46. The van der Waals surface area contributed by atoms with Gasteiger partial charge in [0.05, 0.1) is 10.7 Å². The van der Waals surface area contributed by atoms with Crippen LogP contribution in [0.15, 0.2) is 48.5 Å². The predicted molar refractivity (Wildman–Crippen MR) is 108 cm³/mol. The van der Waals surface area contributed by atoms with E-state index in [1.807, 2.05) is 12.1 Å². The summed E-state index contributed by atoms with van der Waals surface area (Å²) >= 11 is 0. The van der Waals surface area contributed by atoms with Gasteiger partial charge in [0.25, 0.3) is 5.69 Å². The summed E-state index contributed by atoms with van der Waals surface area (Å²) in [6.07, 6.45) is 0.783. The normalized spacial score (nSPS) is 16.6. The molecule has 3 rings (SSSR count). The van der Waals surface area contributed by atoms with E-state index in [2.05, 4.69) is 24.0 Å². The number of nitro groups is 1. The van der Waals surface area contributed by atoms with Crippen LogP contribution in [0.1, 0.15) is 23.1 Å².